The second-order valence-corrected chi connectivity index (χ2v) is 5.94. The van der Waals surface area contributed by atoms with Crippen LogP contribution in [0.2, 0.25) is 0 Å². The molecule has 0 aromatic rings. The molecule has 0 aromatic carbocycles. The number of allylic oxidation sites excluding steroid dienone is 3. The van der Waals surface area contributed by atoms with Gasteiger partial charge in [0.1, 0.15) is 0 Å². The number of hydrogen-bond donors (Lipinski definition) is 2. The van der Waals surface area contributed by atoms with Crippen LogP contribution in [-0.2, 0) is 9.59 Å². The summed E-state index contributed by atoms with van der Waals surface area (Å²) >= 11 is 0. The quantitative estimate of drug-likeness (QED) is 0.569. The summed E-state index contributed by atoms with van der Waals surface area (Å²) in [6, 6.07) is 0. The number of Topliss-reactive ketones (excluding diaryl/α,β-unsaturated/α-hetero) is 1. The molecule has 0 aromatic heterocycles. The van der Waals surface area contributed by atoms with Crippen molar-refractivity contribution in [3.63, 3.8) is 0 Å². The minimum atomic E-state index is -0.722. The number of ketones is 1. The molecule has 0 heterocycles. The average molecular weight is 308 g/mol. The molecule has 1 atom stereocenters. The first-order valence-electron chi connectivity index (χ1n) is 8.37. The van der Waals surface area contributed by atoms with Gasteiger partial charge >= 0.3 is 5.97 Å². The fraction of sp³-hybridized carbons (Fsp3) is 0.667. The molecule has 0 spiro atoms. The zero-order chi connectivity index (χ0) is 16.4. The van der Waals surface area contributed by atoms with E-state index < -0.39 is 12.1 Å². The molecule has 1 rings (SSSR count). The summed E-state index contributed by atoms with van der Waals surface area (Å²) in [6.07, 6.45) is 11.2. The molecule has 0 aliphatic heterocycles. The van der Waals surface area contributed by atoms with Gasteiger partial charge in [0.2, 0.25) is 0 Å². The fourth-order valence-electron chi connectivity index (χ4n) is 2.69. The minimum Gasteiger partial charge on any atom is -0.481 e. The van der Waals surface area contributed by atoms with Crippen LogP contribution in [-0.4, -0.2) is 28.1 Å². The fourth-order valence-corrected chi connectivity index (χ4v) is 2.69. The van der Waals surface area contributed by atoms with Gasteiger partial charge in [-0.3, -0.25) is 9.59 Å². The van der Waals surface area contributed by atoms with Gasteiger partial charge in [-0.1, -0.05) is 43.9 Å². The number of aliphatic hydroxyl groups excluding tert-OH is 1. The molecule has 1 unspecified atom stereocenters. The van der Waals surface area contributed by atoms with Crippen molar-refractivity contribution in [2.45, 2.75) is 77.2 Å². The van der Waals surface area contributed by atoms with Gasteiger partial charge in [0, 0.05) is 18.4 Å². The first-order valence-corrected chi connectivity index (χ1v) is 8.37. The molecule has 4 nitrogen and oxygen atoms in total. The first kappa shape index (κ1) is 18.6. The Morgan fingerprint density at radius 2 is 1.86 bits per heavy atom. The van der Waals surface area contributed by atoms with Crippen molar-refractivity contribution in [2.75, 3.05) is 0 Å². The van der Waals surface area contributed by atoms with Gasteiger partial charge in [0.25, 0.3) is 0 Å². The molecule has 22 heavy (non-hydrogen) atoms. The smallest absolute Gasteiger partial charge is 0.303 e. The van der Waals surface area contributed by atoms with E-state index in [1.54, 1.807) is 12.2 Å². The number of hydrogen-bond acceptors (Lipinski definition) is 3. The highest BCUT2D eigenvalue weighted by Gasteiger charge is 2.20. The zero-order valence-corrected chi connectivity index (χ0v) is 13.5. The summed E-state index contributed by atoms with van der Waals surface area (Å²) in [5.41, 5.74) is 2.02. The third kappa shape index (κ3) is 7.03. The molecule has 1 aliphatic carbocycles. The first-order chi connectivity index (χ1) is 10.5. The Hall–Kier alpha value is -1.42. The van der Waals surface area contributed by atoms with Crippen molar-refractivity contribution < 1.29 is 19.8 Å². The third-order valence-corrected chi connectivity index (χ3v) is 4.11. The predicted octanol–water partition coefficient (Wildman–Crippen LogP) is 3.79. The summed E-state index contributed by atoms with van der Waals surface area (Å²) in [6.45, 7) is 1.91. The number of carbonyl (C=O) groups excluding carboxylic acids is 1. The minimum absolute atomic E-state index is 0.191. The highest BCUT2D eigenvalue weighted by atomic mass is 16.4. The van der Waals surface area contributed by atoms with Crippen LogP contribution in [0.4, 0.5) is 0 Å². The van der Waals surface area contributed by atoms with Crippen LogP contribution in [0.15, 0.2) is 23.3 Å². The molecular formula is C18H28O4. The lowest BCUT2D eigenvalue weighted by Crippen LogP contribution is -2.00. The van der Waals surface area contributed by atoms with E-state index in [0.29, 0.717) is 12.8 Å². The molecule has 0 radical (unpaired) electrons. The van der Waals surface area contributed by atoms with Crippen LogP contribution >= 0.6 is 0 Å². The molecule has 124 valence electrons. The average Bonchev–Trinajstić information content (AvgIpc) is 2.83. The number of aliphatic hydroxyl groups is 1. The predicted molar refractivity (Wildman–Crippen MR) is 86.7 cm³/mol. The Morgan fingerprint density at radius 1 is 1.18 bits per heavy atom. The van der Waals surface area contributed by atoms with Crippen molar-refractivity contribution in [3.8, 4) is 0 Å². The molecular weight excluding hydrogens is 280 g/mol. The van der Waals surface area contributed by atoms with Gasteiger partial charge in [0.15, 0.2) is 5.78 Å². The zero-order valence-electron chi connectivity index (χ0n) is 13.5. The number of aliphatic carboxylic acids is 1. The number of carbonyl (C=O) groups is 2. The summed E-state index contributed by atoms with van der Waals surface area (Å²) < 4.78 is 0. The van der Waals surface area contributed by atoms with Gasteiger partial charge in [0.05, 0.1) is 6.10 Å². The molecule has 1 aliphatic rings. The van der Waals surface area contributed by atoms with Crippen LogP contribution in [0.25, 0.3) is 0 Å². The molecule has 0 amide bonds. The normalized spacial score (nSPS) is 16.7. The summed E-state index contributed by atoms with van der Waals surface area (Å²) in [5.74, 6) is -0.531. The van der Waals surface area contributed by atoms with Gasteiger partial charge in [-0.05, 0) is 32.1 Å². The monoisotopic (exact) mass is 308 g/mol. The number of carboxylic acids is 1. The molecule has 2 N–H and O–H groups in total. The van der Waals surface area contributed by atoms with Gasteiger partial charge < -0.3 is 10.2 Å². The highest BCUT2D eigenvalue weighted by molar-refractivity contribution is 6.01. The van der Waals surface area contributed by atoms with Crippen molar-refractivity contribution in [1.29, 1.82) is 0 Å². The van der Waals surface area contributed by atoms with Crippen LogP contribution in [0.1, 0.15) is 71.1 Å². The summed E-state index contributed by atoms with van der Waals surface area (Å²) in [5, 5.41) is 18.1. The largest absolute Gasteiger partial charge is 0.481 e. The van der Waals surface area contributed by atoms with E-state index in [0.717, 1.165) is 50.5 Å². The second-order valence-electron chi connectivity index (χ2n) is 5.94. The summed E-state index contributed by atoms with van der Waals surface area (Å²) in [7, 11) is 0. The lowest BCUT2D eigenvalue weighted by Gasteiger charge is -2.05. The van der Waals surface area contributed by atoms with E-state index in [4.69, 9.17) is 5.11 Å². The molecule has 4 heteroatoms. The SMILES string of the molecule is CCC(O)/C=C/C1=C(CCCCCCCC(=O)O)CCC1=O. The third-order valence-electron chi connectivity index (χ3n) is 4.11. The number of rotatable bonds is 11. The Balaban J connectivity index is 2.32. The lowest BCUT2D eigenvalue weighted by molar-refractivity contribution is -0.137. The maximum absolute atomic E-state index is 11.9. The highest BCUT2D eigenvalue weighted by Crippen LogP contribution is 2.28. The Kier molecular flexibility index (Phi) is 8.75. The number of unbranched alkanes of at least 4 members (excludes halogenated alkanes) is 4. The van der Waals surface area contributed by atoms with Gasteiger partial charge in [-0.15, -0.1) is 0 Å². The van der Waals surface area contributed by atoms with Crippen molar-refractivity contribution >= 4 is 11.8 Å². The van der Waals surface area contributed by atoms with Crippen molar-refractivity contribution in [3.05, 3.63) is 23.3 Å². The Bertz CT molecular complexity index is 434. The molecule has 0 saturated carbocycles. The molecule has 0 fully saturated rings. The van der Waals surface area contributed by atoms with Gasteiger partial charge in [-0.2, -0.15) is 0 Å². The van der Waals surface area contributed by atoms with Crippen LogP contribution in [0.5, 0.6) is 0 Å². The van der Waals surface area contributed by atoms with E-state index in [1.165, 1.54) is 5.57 Å². The molecule has 0 bridgehead atoms. The van der Waals surface area contributed by atoms with E-state index in [9.17, 15) is 14.7 Å². The van der Waals surface area contributed by atoms with Gasteiger partial charge in [-0.25, -0.2) is 0 Å². The second kappa shape index (κ2) is 10.3. The van der Waals surface area contributed by atoms with Crippen LogP contribution in [0, 0.1) is 0 Å². The summed E-state index contributed by atoms with van der Waals surface area (Å²) in [4.78, 5) is 22.3. The standard InChI is InChI=1S/C18H28O4/c1-2-15(19)11-12-16-14(10-13-17(16)20)8-6-4-3-5-7-9-18(21)22/h11-12,15,19H,2-10,13H2,1H3,(H,21,22)/b12-11+. The van der Waals surface area contributed by atoms with Crippen molar-refractivity contribution in [2.24, 2.45) is 0 Å². The van der Waals surface area contributed by atoms with Crippen molar-refractivity contribution in [1.82, 2.24) is 0 Å². The maximum Gasteiger partial charge on any atom is 0.303 e. The van der Waals surface area contributed by atoms with E-state index >= 15 is 0 Å². The lowest BCUT2D eigenvalue weighted by atomic mass is 10.0. The maximum atomic E-state index is 11.9. The topological polar surface area (TPSA) is 74.6 Å². The Morgan fingerprint density at radius 3 is 2.55 bits per heavy atom. The van der Waals surface area contributed by atoms with E-state index in [1.807, 2.05) is 6.92 Å². The van der Waals surface area contributed by atoms with E-state index in [2.05, 4.69) is 0 Å². The number of carboxylic acid groups (broad SMARTS) is 1. The van der Waals surface area contributed by atoms with Crippen LogP contribution < -0.4 is 0 Å². The molecule has 0 saturated heterocycles. The van der Waals surface area contributed by atoms with E-state index in [-0.39, 0.29) is 12.2 Å². The van der Waals surface area contributed by atoms with Crippen LogP contribution in [0.3, 0.4) is 0 Å². The Labute approximate surface area is 132 Å².